The molecular formula is C22H29N7O2. The number of ether oxygens (including phenoxy) is 1. The number of anilines is 1. The number of rotatable bonds is 6. The van der Waals surface area contributed by atoms with Crippen molar-refractivity contribution in [2.24, 2.45) is 11.7 Å². The molecule has 4 rings (SSSR count). The molecule has 0 radical (unpaired) electrons. The number of hydrogen-bond acceptors (Lipinski definition) is 7. The Hall–Kier alpha value is -3.20. The van der Waals surface area contributed by atoms with Gasteiger partial charge in [-0.05, 0) is 30.5 Å². The van der Waals surface area contributed by atoms with Gasteiger partial charge in [0.25, 0.3) is 0 Å². The second-order valence-electron chi connectivity index (χ2n) is 8.22. The molecule has 9 heteroatoms. The summed E-state index contributed by atoms with van der Waals surface area (Å²) in [6.07, 6.45) is 6.08. The number of amides is 1. The summed E-state index contributed by atoms with van der Waals surface area (Å²) < 4.78 is 7.15. The minimum absolute atomic E-state index is 0.0403. The van der Waals surface area contributed by atoms with Crippen LogP contribution in [-0.2, 0) is 4.79 Å². The van der Waals surface area contributed by atoms with E-state index in [0.29, 0.717) is 44.4 Å². The number of aromatic nitrogens is 4. The zero-order valence-electron chi connectivity index (χ0n) is 18.2. The summed E-state index contributed by atoms with van der Waals surface area (Å²) in [5.41, 5.74) is 8.54. The first-order valence-corrected chi connectivity index (χ1v) is 10.6. The fraction of sp³-hybridized carbons (Fsp3) is 0.455. The van der Waals surface area contributed by atoms with Crippen LogP contribution in [0.1, 0.15) is 20.3 Å². The van der Waals surface area contributed by atoms with Gasteiger partial charge in [-0.25, -0.2) is 14.5 Å². The van der Waals surface area contributed by atoms with Gasteiger partial charge in [0.15, 0.2) is 5.65 Å². The molecule has 0 aromatic carbocycles. The van der Waals surface area contributed by atoms with E-state index in [1.165, 1.54) is 0 Å². The quantitative estimate of drug-likeness (QED) is 0.645. The maximum absolute atomic E-state index is 12.6. The van der Waals surface area contributed by atoms with E-state index in [-0.39, 0.29) is 5.91 Å². The zero-order valence-corrected chi connectivity index (χ0v) is 18.2. The highest BCUT2D eigenvalue weighted by atomic mass is 16.5. The van der Waals surface area contributed by atoms with Gasteiger partial charge < -0.3 is 20.3 Å². The smallest absolute Gasteiger partial charge is 0.239 e. The molecule has 1 aliphatic rings. The number of pyridine rings is 1. The fourth-order valence-electron chi connectivity index (χ4n) is 3.98. The van der Waals surface area contributed by atoms with Gasteiger partial charge >= 0.3 is 0 Å². The normalized spacial score (nSPS) is 15.5. The lowest BCUT2D eigenvalue weighted by Crippen LogP contribution is -2.53. The monoisotopic (exact) mass is 423 g/mol. The van der Waals surface area contributed by atoms with E-state index in [9.17, 15) is 4.79 Å². The molecule has 3 aromatic rings. The molecule has 0 bridgehead atoms. The van der Waals surface area contributed by atoms with E-state index >= 15 is 0 Å². The molecule has 1 aliphatic heterocycles. The van der Waals surface area contributed by atoms with Crippen molar-refractivity contribution < 1.29 is 9.53 Å². The Morgan fingerprint density at radius 2 is 1.97 bits per heavy atom. The highest BCUT2D eigenvalue weighted by Crippen LogP contribution is 2.31. The molecule has 4 heterocycles. The predicted molar refractivity (Wildman–Crippen MR) is 119 cm³/mol. The molecule has 1 saturated heterocycles. The molecule has 31 heavy (non-hydrogen) atoms. The topological polar surface area (TPSA) is 102 Å². The molecule has 1 amide bonds. The van der Waals surface area contributed by atoms with Crippen LogP contribution >= 0.6 is 0 Å². The van der Waals surface area contributed by atoms with Gasteiger partial charge in [-0.2, -0.15) is 5.10 Å². The molecule has 0 unspecified atom stereocenters. The lowest BCUT2D eigenvalue weighted by Gasteiger charge is -2.36. The Bertz CT molecular complexity index is 1060. The Balaban J connectivity index is 1.52. The number of carbonyl (C=O) groups excluding carboxylic acids is 1. The number of nitrogens with zero attached hydrogens (tertiary/aromatic N) is 6. The van der Waals surface area contributed by atoms with Crippen LogP contribution in [0.25, 0.3) is 16.8 Å². The molecule has 9 nitrogen and oxygen atoms in total. The van der Waals surface area contributed by atoms with Crippen LogP contribution in [0.5, 0.6) is 5.88 Å². The van der Waals surface area contributed by atoms with Crippen LogP contribution in [-0.4, -0.2) is 69.7 Å². The second kappa shape index (κ2) is 8.89. The summed E-state index contributed by atoms with van der Waals surface area (Å²) in [7, 11) is 1.60. The first-order valence-electron chi connectivity index (χ1n) is 10.6. The molecule has 1 fully saturated rings. The van der Waals surface area contributed by atoms with Gasteiger partial charge in [-0.1, -0.05) is 13.8 Å². The largest absolute Gasteiger partial charge is 0.481 e. The lowest BCUT2D eigenvalue weighted by atomic mass is 10.0. The highest BCUT2D eigenvalue weighted by Gasteiger charge is 2.26. The highest BCUT2D eigenvalue weighted by molar-refractivity contribution is 5.82. The summed E-state index contributed by atoms with van der Waals surface area (Å²) in [6, 6.07) is 5.34. The van der Waals surface area contributed by atoms with Crippen molar-refractivity contribution in [2.45, 2.75) is 26.3 Å². The van der Waals surface area contributed by atoms with Crippen LogP contribution in [0.15, 0.2) is 36.8 Å². The molecule has 164 valence electrons. The summed E-state index contributed by atoms with van der Waals surface area (Å²) in [6.45, 7) is 6.86. The van der Waals surface area contributed by atoms with Crippen LogP contribution in [0.3, 0.4) is 0 Å². The van der Waals surface area contributed by atoms with Gasteiger partial charge in [-0.3, -0.25) is 4.79 Å². The molecule has 2 N–H and O–H groups in total. The predicted octanol–water partition coefficient (Wildman–Crippen LogP) is 1.82. The molecular weight excluding hydrogens is 394 g/mol. The summed E-state index contributed by atoms with van der Waals surface area (Å²) in [4.78, 5) is 25.8. The van der Waals surface area contributed by atoms with Crippen molar-refractivity contribution in [1.82, 2.24) is 24.5 Å². The maximum atomic E-state index is 12.6. The van der Waals surface area contributed by atoms with Gasteiger partial charge in [0, 0.05) is 44.1 Å². The molecule has 0 spiro atoms. The van der Waals surface area contributed by atoms with Crippen LogP contribution < -0.4 is 15.4 Å². The minimum Gasteiger partial charge on any atom is -0.481 e. The van der Waals surface area contributed by atoms with Gasteiger partial charge in [0.2, 0.25) is 11.8 Å². The summed E-state index contributed by atoms with van der Waals surface area (Å²) >= 11 is 0. The Labute approximate surface area is 181 Å². The average molecular weight is 424 g/mol. The third kappa shape index (κ3) is 4.32. The van der Waals surface area contributed by atoms with E-state index in [2.05, 4.69) is 28.8 Å². The average Bonchev–Trinajstić information content (AvgIpc) is 3.21. The lowest BCUT2D eigenvalue weighted by molar-refractivity contribution is -0.133. The third-order valence-electron chi connectivity index (χ3n) is 5.57. The number of hydrogen-bond donors (Lipinski definition) is 1. The van der Waals surface area contributed by atoms with Crippen molar-refractivity contribution in [3.8, 4) is 17.0 Å². The van der Waals surface area contributed by atoms with E-state index in [0.717, 1.165) is 22.6 Å². The van der Waals surface area contributed by atoms with E-state index in [4.69, 9.17) is 15.5 Å². The second-order valence-corrected chi connectivity index (χ2v) is 8.22. The van der Waals surface area contributed by atoms with Crippen molar-refractivity contribution in [3.63, 3.8) is 0 Å². The Morgan fingerprint density at radius 3 is 2.68 bits per heavy atom. The summed E-state index contributed by atoms with van der Waals surface area (Å²) in [5.74, 6) is 1.84. The van der Waals surface area contributed by atoms with Crippen molar-refractivity contribution in [2.75, 3.05) is 38.2 Å². The molecule has 0 saturated carbocycles. The number of piperazine rings is 1. The SMILES string of the molecule is COc1ncccc1-c1cnn2ccc(N3CCN(C(=O)[C@H](N)CC(C)C)CC3)nc12. The Morgan fingerprint density at radius 1 is 1.19 bits per heavy atom. The van der Waals surface area contributed by atoms with Crippen LogP contribution in [0, 0.1) is 5.92 Å². The zero-order chi connectivity index (χ0) is 22.0. The fourth-order valence-corrected chi connectivity index (χ4v) is 3.98. The standard InChI is InChI=1S/C22H29N7O2/c1-15(2)13-18(23)22(30)28-11-9-27(10-12-28)19-6-8-29-20(26-19)17(14-25-29)16-5-4-7-24-21(16)31-3/h4-8,14-15,18H,9-13,23H2,1-3H3/t18-/m1/s1. The first kappa shape index (κ1) is 21.0. The molecule has 3 aromatic heterocycles. The van der Waals surface area contributed by atoms with E-state index in [1.54, 1.807) is 24.0 Å². The maximum Gasteiger partial charge on any atom is 0.239 e. The number of fused-ring (bicyclic) bond motifs is 1. The first-order chi connectivity index (χ1) is 15.0. The third-order valence-corrected chi connectivity index (χ3v) is 5.57. The van der Waals surface area contributed by atoms with Gasteiger partial charge in [0.05, 0.1) is 24.9 Å². The molecule has 1 atom stereocenters. The minimum atomic E-state index is -0.426. The van der Waals surface area contributed by atoms with Crippen LogP contribution in [0.4, 0.5) is 5.82 Å². The van der Waals surface area contributed by atoms with Crippen molar-refractivity contribution in [1.29, 1.82) is 0 Å². The summed E-state index contributed by atoms with van der Waals surface area (Å²) in [5, 5.41) is 4.42. The van der Waals surface area contributed by atoms with E-state index < -0.39 is 6.04 Å². The Kier molecular flexibility index (Phi) is 6.03. The number of carbonyl (C=O) groups is 1. The van der Waals surface area contributed by atoms with Crippen molar-refractivity contribution >= 4 is 17.4 Å². The number of nitrogens with two attached hydrogens (primary N) is 1. The van der Waals surface area contributed by atoms with Crippen LogP contribution in [0.2, 0.25) is 0 Å². The van der Waals surface area contributed by atoms with Gasteiger partial charge in [-0.15, -0.1) is 0 Å². The number of methoxy groups -OCH3 is 1. The van der Waals surface area contributed by atoms with Crippen molar-refractivity contribution in [3.05, 3.63) is 36.8 Å². The molecule has 0 aliphatic carbocycles. The van der Waals surface area contributed by atoms with Gasteiger partial charge in [0.1, 0.15) is 5.82 Å². The van der Waals surface area contributed by atoms with E-state index in [1.807, 2.05) is 29.3 Å².